The molecule has 1 amide bonds. The first-order valence-electron chi connectivity index (χ1n) is 7.80. The molecule has 22 heavy (non-hydrogen) atoms. The third-order valence-electron chi connectivity index (χ3n) is 3.82. The Morgan fingerprint density at radius 1 is 1.55 bits per heavy atom. The molecule has 0 saturated carbocycles. The number of carbonyl (C=O) groups is 1. The van der Waals surface area contributed by atoms with Gasteiger partial charge >= 0.3 is 6.09 Å². The van der Waals surface area contributed by atoms with Crippen molar-refractivity contribution in [2.75, 3.05) is 13.1 Å². The van der Waals surface area contributed by atoms with Gasteiger partial charge in [-0.25, -0.2) is 4.79 Å². The Bertz CT molecular complexity index is 471. The van der Waals surface area contributed by atoms with Crippen molar-refractivity contribution in [3.8, 4) is 0 Å². The van der Waals surface area contributed by atoms with Crippen LogP contribution in [0.4, 0.5) is 4.79 Å². The van der Waals surface area contributed by atoms with E-state index < -0.39 is 5.60 Å². The zero-order valence-corrected chi connectivity index (χ0v) is 15.1. The summed E-state index contributed by atoms with van der Waals surface area (Å²) in [4.78, 5) is 14.1. The molecule has 1 heterocycles. The maximum atomic E-state index is 12.3. The van der Waals surface area contributed by atoms with Crippen molar-refractivity contribution >= 4 is 22.0 Å². The van der Waals surface area contributed by atoms with Crippen LogP contribution in [0.25, 0.3) is 0 Å². The summed E-state index contributed by atoms with van der Waals surface area (Å²) < 4.78 is 6.49. The van der Waals surface area contributed by atoms with E-state index in [4.69, 9.17) is 10.5 Å². The molecule has 2 rings (SSSR count). The molecule has 2 aliphatic rings. The predicted octanol–water partition coefficient (Wildman–Crippen LogP) is 2.52. The summed E-state index contributed by atoms with van der Waals surface area (Å²) in [6, 6.07) is 0.211. The number of hydrogen-bond acceptors (Lipinski definition) is 4. The van der Waals surface area contributed by atoms with Crippen molar-refractivity contribution in [2.24, 2.45) is 5.73 Å². The largest absolute Gasteiger partial charge is 0.444 e. The molecule has 6 heteroatoms. The number of allylic oxidation sites excluding steroid dienone is 2. The van der Waals surface area contributed by atoms with E-state index in [1.807, 2.05) is 37.8 Å². The molecule has 1 aliphatic heterocycles. The summed E-state index contributed by atoms with van der Waals surface area (Å²) in [6.45, 7) is 7.17. The summed E-state index contributed by atoms with van der Waals surface area (Å²) in [7, 11) is 0. The summed E-state index contributed by atoms with van der Waals surface area (Å²) in [5.74, 6) is 0. The minimum absolute atomic E-state index is 0.0595. The number of rotatable bonds is 3. The standard InChI is InChI=1S/C16H26BrN3O2/c1-16(2,3)22-15(21)20-8-4-5-12(20)10-19-14-7-6-11(17)9-13(14)18/h6-7,9,12-14,19H,4-5,8,10,18H2,1-3H3. The molecular formula is C16H26BrN3O2. The van der Waals surface area contributed by atoms with Gasteiger partial charge < -0.3 is 20.7 Å². The van der Waals surface area contributed by atoms with Gasteiger partial charge in [-0.1, -0.05) is 34.2 Å². The number of ether oxygens (including phenoxy) is 1. The van der Waals surface area contributed by atoms with Gasteiger partial charge in [-0.05, 0) is 33.6 Å². The highest BCUT2D eigenvalue weighted by Crippen LogP contribution is 2.21. The van der Waals surface area contributed by atoms with Crippen LogP contribution < -0.4 is 11.1 Å². The molecule has 1 aliphatic carbocycles. The number of nitrogens with one attached hydrogen (secondary N) is 1. The second kappa shape index (κ2) is 7.15. The lowest BCUT2D eigenvalue weighted by Gasteiger charge is -2.30. The molecule has 0 aromatic carbocycles. The summed E-state index contributed by atoms with van der Waals surface area (Å²) >= 11 is 3.43. The SMILES string of the molecule is CC(C)(C)OC(=O)N1CCCC1CNC1C=CC(Br)=CC1N. The van der Waals surface area contributed by atoms with Crippen LogP contribution in [-0.2, 0) is 4.74 Å². The lowest BCUT2D eigenvalue weighted by atomic mass is 10.0. The molecule has 0 bridgehead atoms. The summed E-state index contributed by atoms with van der Waals surface area (Å²) in [5, 5.41) is 3.45. The monoisotopic (exact) mass is 371 g/mol. The second-order valence-corrected chi connectivity index (χ2v) is 7.81. The molecule has 1 saturated heterocycles. The van der Waals surface area contributed by atoms with Gasteiger partial charge in [0.25, 0.3) is 0 Å². The Labute approximate surface area is 141 Å². The van der Waals surface area contributed by atoms with Crippen molar-refractivity contribution in [1.29, 1.82) is 0 Å². The van der Waals surface area contributed by atoms with Crippen LogP contribution in [0, 0.1) is 0 Å². The number of nitrogens with zero attached hydrogens (tertiary/aromatic N) is 1. The molecule has 0 aromatic rings. The fraction of sp³-hybridized carbons (Fsp3) is 0.688. The van der Waals surface area contributed by atoms with Crippen LogP contribution in [0.5, 0.6) is 0 Å². The molecule has 5 nitrogen and oxygen atoms in total. The van der Waals surface area contributed by atoms with E-state index in [2.05, 4.69) is 27.3 Å². The van der Waals surface area contributed by atoms with Gasteiger partial charge in [-0.3, -0.25) is 0 Å². The number of amides is 1. The third kappa shape index (κ3) is 4.83. The fourth-order valence-electron chi connectivity index (χ4n) is 2.75. The molecular weight excluding hydrogens is 346 g/mol. The molecule has 1 fully saturated rings. The second-order valence-electron chi connectivity index (χ2n) is 6.89. The van der Waals surface area contributed by atoms with E-state index in [0.717, 1.165) is 30.4 Å². The van der Waals surface area contributed by atoms with Crippen molar-refractivity contribution < 1.29 is 9.53 Å². The average Bonchev–Trinajstić information content (AvgIpc) is 2.84. The highest BCUT2D eigenvalue weighted by atomic mass is 79.9. The van der Waals surface area contributed by atoms with E-state index in [1.54, 1.807) is 0 Å². The van der Waals surface area contributed by atoms with E-state index in [1.165, 1.54) is 0 Å². The Balaban J connectivity index is 1.87. The van der Waals surface area contributed by atoms with Gasteiger partial charge in [0.1, 0.15) is 5.60 Å². The first-order chi connectivity index (χ1) is 10.3. The molecule has 0 radical (unpaired) electrons. The van der Waals surface area contributed by atoms with Gasteiger partial charge in [0.2, 0.25) is 0 Å². The van der Waals surface area contributed by atoms with Gasteiger partial charge in [0, 0.05) is 35.7 Å². The highest BCUT2D eigenvalue weighted by Gasteiger charge is 2.32. The van der Waals surface area contributed by atoms with Crippen LogP contribution >= 0.6 is 15.9 Å². The molecule has 3 atom stereocenters. The number of nitrogens with two attached hydrogens (primary N) is 1. The minimum atomic E-state index is -0.455. The topological polar surface area (TPSA) is 67.6 Å². The molecule has 124 valence electrons. The first-order valence-corrected chi connectivity index (χ1v) is 8.60. The molecule has 3 unspecified atom stereocenters. The quantitative estimate of drug-likeness (QED) is 0.799. The van der Waals surface area contributed by atoms with E-state index in [0.29, 0.717) is 0 Å². The van der Waals surface area contributed by atoms with Gasteiger partial charge in [0.05, 0.1) is 0 Å². The van der Waals surface area contributed by atoms with Gasteiger partial charge in [-0.2, -0.15) is 0 Å². The maximum absolute atomic E-state index is 12.3. The van der Waals surface area contributed by atoms with E-state index in [9.17, 15) is 4.79 Å². The van der Waals surface area contributed by atoms with Crippen LogP contribution in [0.2, 0.25) is 0 Å². The van der Waals surface area contributed by atoms with Crippen LogP contribution in [-0.4, -0.2) is 47.8 Å². The van der Waals surface area contributed by atoms with Crippen molar-refractivity contribution in [1.82, 2.24) is 10.2 Å². The highest BCUT2D eigenvalue weighted by molar-refractivity contribution is 9.11. The third-order valence-corrected chi connectivity index (χ3v) is 4.35. The summed E-state index contributed by atoms with van der Waals surface area (Å²) in [6.07, 6.45) is 7.84. The lowest BCUT2D eigenvalue weighted by Crippen LogP contribution is -2.50. The maximum Gasteiger partial charge on any atom is 0.410 e. The normalized spacial score (nSPS) is 28.7. The van der Waals surface area contributed by atoms with E-state index >= 15 is 0 Å². The van der Waals surface area contributed by atoms with Crippen LogP contribution in [0.1, 0.15) is 33.6 Å². The Morgan fingerprint density at radius 2 is 2.27 bits per heavy atom. The van der Waals surface area contributed by atoms with Crippen LogP contribution in [0.15, 0.2) is 22.7 Å². The zero-order chi connectivity index (χ0) is 16.3. The van der Waals surface area contributed by atoms with Crippen LogP contribution in [0.3, 0.4) is 0 Å². The van der Waals surface area contributed by atoms with Gasteiger partial charge in [-0.15, -0.1) is 0 Å². The molecule has 0 aromatic heterocycles. The Morgan fingerprint density at radius 3 is 2.91 bits per heavy atom. The fourth-order valence-corrected chi connectivity index (χ4v) is 3.21. The average molecular weight is 372 g/mol. The number of halogens is 1. The summed E-state index contributed by atoms with van der Waals surface area (Å²) in [5.41, 5.74) is 5.65. The molecule has 0 spiro atoms. The lowest BCUT2D eigenvalue weighted by molar-refractivity contribution is 0.0225. The number of hydrogen-bond donors (Lipinski definition) is 2. The van der Waals surface area contributed by atoms with E-state index in [-0.39, 0.29) is 24.2 Å². The minimum Gasteiger partial charge on any atom is -0.444 e. The number of carbonyl (C=O) groups excluding carboxylic acids is 1. The smallest absolute Gasteiger partial charge is 0.410 e. The van der Waals surface area contributed by atoms with Crippen molar-refractivity contribution in [3.63, 3.8) is 0 Å². The van der Waals surface area contributed by atoms with Crippen molar-refractivity contribution in [3.05, 3.63) is 22.7 Å². The Hall–Kier alpha value is -0.850. The predicted molar refractivity (Wildman–Crippen MR) is 91.9 cm³/mol. The van der Waals surface area contributed by atoms with Gasteiger partial charge in [0.15, 0.2) is 0 Å². The first kappa shape index (κ1) is 17.5. The van der Waals surface area contributed by atoms with Crippen molar-refractivity contribution in [2.45, 2.75) is 57.3 Å². The number of likely N-dealkylation sites (tertiary alicyclic amines) is 1. The molecule has 3 N–H and O–H groups in total. The zero-order valence-electron chi connectivity index (χ0n) is 13.5. The Kier molecular flexibility index (Phi) is 5.69.